The van der Waals surface area contributed by atoms with Crippen LogP contribution in [-0.4, -0.2) is 37.2 Å². The molecule has 0 saturated heterocycles. The van der Waals surface area contributed by atoms with Crippen molar-refractivity contribution in [1.29, 1.82) is 0 Å². The average Bonchev–Trinajstić information content (AvgIpc) is 3.35. The Morgan fingerprint density at radius 3 is 1.00 bits per heavy atom. The van der Waals surface area contributed by atoms with Crippen LogP contribution < -0.4 is 0 Å². The number of carbonyl (C=O) groups excluding carboxylic acids is 3. The van der Waals surface area contributed by atoms with Gasteiger partial charge in [0.25, 0.3) is 0 Å². The third kappa shape index (κ3) is 53.8. The summed E-state index contributed by atoms with van der Waals surface area (Å²) in [4.78, 5) is 38.0. The van der Waals surface area contributed by atoms with Gasteiger partial charge in [0, 0.05) is 19.3 Å². The maximum Gasteiger partial charge on any atom is 0.306 e. The van der Waals surface area contributed by atoms with E-state index in [2.05, 4.69) is 167 Å². The molecule has 0 bridgehead atoms. The summed E-state index contributed by atoms with van der Waals surface area (Å²) in [5.74, 6) is -1.11. The summed E-state index contributed by atoms with van der Waals surface area (Å²) in [6.45, 7) is 6.23. The molecule has 0 aliphatic rings. The number of carbonyl (C=O) groups is 3. The van der Waals surface area contributed by atoms with E-state index in [0.29, 0.717) is 19.3 Å². The van der Waals surface area contributed by atoms with E-state index >= 15 is 0 Å². The molecule has 1 atom stereocenters. The van der Waals surface area contributed by atoms with Crippen molar-refractivity contribution in [3.05, 3.63) is 158 Å². The second kappa shape index (κ2) is 55.6. The average molecular weight is 949 g/mol. The maximum absolute atomic E-state index is 12.8. The zero-order valence-corrected chi connectivity index (χ0v) is 43.8. The first-order valence-corrected chi connectivity index (χ1v) is 27.0. The molecule has 0 heterocycles. The predicted molar refractivity (Wildman–Crippen MR) is 297 cm³/mol. The Kier molecular flexibility index (Phi) is 51.6. The molecular weight excluding hydrogens is 853 g/mol. The molecule has 6 nitrogen and oxygen atoms in total. The molecule has 69 heavy (non-hydrogen) atoms. The molecule has 0 aliphatic carbocycles. The lowest BCUT2D eigenvalue weighted by Gasteiger charge is -2.18. The van der Waals surface area contributed by atoms with Gasteiger partial charge >= 0.3 is 17.9 Å². The molecule has 0 unspecified atom stereocenters. The third-order valence-corrected chi connectivity index (χ3v) is 10.5. The van der Waals surface area contributed by atoms with Gasteiger partial charge in [-0.05, 0) is 128 Å². The summed E-state index contributed by atoms with van der Waals surface area (Å²) in [6, 6.07) is 0. The summed E-state index contributed by atoms with van der Waals surface area (Å²) in [6.07, 6.45) is 81.0. The Morgan fingerprint density at radius 1 is 0.304 bits per heavy atom. The van der Waals surface area contributed by atoms with Crippen LogP contribution in [0.5, 0.6) is 0 Å². The summed E-state index contributed by atoms with van der Waals surface area (Å²) in [7, 11) is 0. The fourth-order valence-electron chi connectivity index (χ4n) is 6.53. The van der Waals surface area contributed by atoms with E-state index in [0.717, 1.165) is 122 Å². The normalized spacial score (nSPS) is 13.4. The van der Waals surface area contributed by atoms with Crippen molar-refractivity contribution in [2.24, 2.45) is 0 Å². The monoisotopic (exact) mass is 949 g/mol. The number of rotatable bonds is 46. The maximum atomic E-state index is 12.8. The molecule has 384 valence electrons. The van der Waals surface area contributed by atoms with Crippen LogP contribution in [0.3, 0.4) is 0 Å². The molecule has 0 aliphatic heterocycles. The Balaban J connectivity index is 4.66. The number of esters is 3. The van der Waals surface area contributed by atoms with Gasteiger partial charge in [-0.3, -0.25) is 14.4 Å². The highest BCUT2D eigenvalue weighted by Gasteiger charge is 2.19. The zero-order chi connectivity index (χ0) is 50.0. The number of ether oxygens (including phenoxy) is 3. The molecule has 0 N–H and O–H groups in total. The van der Waals surface area contributed by atoms with E-state index in [1.54, 1.807) is 0 Å². The van der Waals surface area contributed by atoms with Crippen molar-refractivity contribution in [1.82, 2.24) is 0 Å². The largest absolute Gasteiger partial charge is 0.462 e. The molecule has 0 fully saturated rings. The molecule has 0 saturated carbocycles. The van der Waals surface area contributed by atoms with E-state index in [1.165, 1.54) is 25.7 Å². The van der Waals surface area contributed by atoms with Crippen LogP contribution in [0.2, 0.25) is 0 Å². The van der Waals surface area contributed by atoms with Crippen molar-refractivity contribution < 1.29 is 28.6 Å². The van der Waals surface area contributed by atoms with Gasteiger partial charge in [0.15, 0.2) is 6.10 Å². The van der Waals surface area contributed by atoms with Crippen LogP contribution in [0.15, 0.2) is 158 Å². The van der Waals surface area contributed by atoms with Gasteiger partial charge in [0.1, 0.15) is 13.2 Å². The second-order valence-corrected chi connectivity index (χ2v) is 17.0. The number of allylic oxidation sites excluding steroid dienone is 26. The van der Waals surface area contributed by atoms with Crippen LogP contribution in [-0.2, 0) is 28.6 Å². The van der Waals surface area contributed by atoms with Crippen LogP contribution in [0.25, 0.3) is 0 Å². The summed E-state index contributed by atoms with van der Waals surface area (Å²) in [5, 5.41) is 0. The molecule has 0 radical (unpaired) electrons. The molecule has 0 amide bonds. The van der Waals surface area contributed by atoms with Crippen molar-refractivity contribution in [2.75, 3.05) is 13.2 Å². The van der Waals surface area contributed by atoms with Crippen molar-refractivity contribution >= 4 is 17.9 Å². The fourth-order valence-corrected chi connectivity index (χ4v) is 6.53. The lowest BCUT2D eigenvalue weighted by molar-refractivity contribution is -0.166. The minimum absolute atomic E-state index is 0.142. The highest BCUT2D eigenvalue weighted by Crippen LogP contribution is 2.11. The van der Waals surface area contributed by atoms with Crippen LogP contribution >= 0.6 is 0 Å². The Hall–Kier alpha value is -4.97. The van der Waals surface area contributed by atoms with Crippen LogP contribution in [0, 0.1) is 0 Å². The van der Waals surface area contributed by atoms with Gasteiger partial charge < -0.3 is 14.2 Å². The van der Waals surface area contributed by atoms with E-state index in [9.17, 15) is 14.4 Å². The number of hydrogen-bond donors (Lipinski definition) is 0. The molecule has 0 aromatic heterocycles. The Bertz CT molecular complexity index is 1610. The Morgan fingerprint density at radius 2 is 0.609 bits per heavy atom. The zero-order valence-electron chi connectivity index (χ0n) is 43.8. The van der Waals surface area contributed by atoms with E-state index in [1.807, 2.05) is 12.2 Å². The first-order chi connectivity index (χ1) is 34.0. The van der Waals surface area contributed by atoms with Crippen molar-refractivity contribution in [3.8, 4) is 0 Å². The first-order valence-electron chi connectivity index (χ1n) is 27.0. The lowest BCUT2D eigenvalue weighted by atomic mass is 10.1. The number of unbranched alkanes of at least 4 members (excludes halogenated alkanes) is 9. The summed E-state index contributed by atoms with van der Waals surface area (Å²) < 4.78 is 16.7. The fraction of sp³-hybridized carbons (Fsp3) is 0.540. The second-order valence-electron chi connectivity index (χ2n) is 17.0. The van der Waals surface area contributed by atoms with Crippen molar-refractivity contribution in [2.45, 2.75) is 207 Å². The molecule has 0 aromatic carbocycles. The van der Waals surface area contributed by atoms with Crippen LogP contribution in [0.4, 0.5) is 0 Å². The van der Waals surface area contributed by atoms with E-state index in [4.69, 9.17) is 14.2 Å². The van der Waals surface area contributed by atoms with Crippen LogP contribution in [0.1, 0.15) is 201 Å². The molecule has 6 heteroatoms. The van der Waals surface area contributed by atoms with Gasteiger partial charge in [-0.15, -0.1) is 0 Å². The van der Waals surface area contributed by atoms with Gasteiger partial charge in [-0.2, -0.15) is 0 Å². The highest BCUT2D eigenvalue weighted by molar-refractivity contribution is 5.71. The standard InChI is InChI=1S/C63H96O6/c1-4-7-10-13-16-19-22-25-28-30-31-33-36-39-42-45-48-51-54-57-63(66)69-60(58-67-61(64)55-52-49-46-43-40-37-34-27-24-21-18-15-12-9-6-3)59-68-62(65)56-53-50-47-44-41-38-35-32-29-26-23-20-17-14-11-8-5-2/h7,9-10,12,16-21,25-29,31,33-35,38-39,42,44,47-48,51,60H,4-6,8,11,13-15,22-24,30,32,36-37,40-41,43,45-46,49-50,52-59H2,1-3H3/b10-7-,12-9-,19-16-,20-17-,21-18-,28-25-,29-26-,33-31-,34-27-,38-35-,42-39-,47-44-,51-48-/t60-/m1/s1. The topological polar surface area (TPSA) is 78.9 Å². The minimum Gasteiger partial charge on any atom is -0.462 e. The van der Waals surface area contributed by atoms with E-state index in [-0.39, 0.29) is 38.0 Å². The van der Waals surface area contributed by atoms with Crippen molar-refractivity contribution in [3.63, 3.8) is 0 Å². The lowest BCUT2D eigenvalue weighted by Crippen LogP contribution is -2.30. The van der Waals surface area contributed by atoms with Gasteiger partial charge in [-0.25, -0.2) is 0 Å². The molecule has 0 spiro atoms. The van der Waals surface area contributed by atoms with Gasteiger partial charge in [-0.1, -0.05) is 211 Å². The highest BCUT2D eigenvalue weighted by atomic mass is 16.6. The van der Waals surface area contributed by atoms with Gasteiger partial charge in [0.05, 0.1) is 0 Å². The first kappa shape index (κ1) is 64.0. The quantitative estimate of drug-likeness (QED) is 0.0262. The summed E-state index contributed by atoms with van der Waals surface area (Å²) in [5.41, 5.74) is 0. The number of hydrogen-bond acceptors (Lipinski definition) is 6. The van der Waals surface area contributed by atoms with Gasteiger partial charge in [0.2, 0.25) is 0 Å². The minimum atomic E-state index is -0.856. The smallest absolute Gasteiger partial charge is 0.306 e. The predicted octanol–water partition coefficient (Wildman–Crippen LogP) is 18.2. The Labute approximate surface area is 422 Å². The molecule has 0 aromatic rings. The molecular formula is C63H96O6. The third-order valence-electron chi connectivity index (χ3n) is 10.5. The SMILES string of the molecule is CC/C=C\C/C=C\C/C=C\C/C=C\C/C=C\C/C=C\CCC(=O)O[C@@H](COC(=O)CCC/C=C\C/C=C\C/C=C\C/C=C\CCCCC)COC(=O)CCCCCCC/C=C\C/C=C\C/C=C\CC. The molecule has 0 rings (SSSR count). The van der Waals surface area contributed by atoms with E-state index < -0.39 is 12.1 Å². The summed E-state index contributed by atoms with van der Waals surface area (Å²) >= 11 is 0.